The van der Waals surface area contributed by atoms with Gasteiger partial charge in [-0.1, -0.05) is 0 Å². The summed E-state index contributed by atoms with van der Waals surface area (Å²) in [4.78, 5) is 13.8. The Hall–Kier alpha value is -0.610. The molecular weight excluding hydrogens is 214 g/mol. The van der Waals surface area contributed by atoms with Crippen molar-refractivity contribution in [3.8, 4) is 0 Å². The second kappa shape index (κ2) is 7.67. The van der Waals surface area contributed by atoms with Gasteiger partial charge in [-0.15, -0.1) is 0 Å². The van der Waals surface area contributed by atoms with Gasteiger partial charge in [-0.2, -0.15) is 0 Å². The van der Waals surface area contributed by atoms with Crippen molar-refractivity contribution in [2.75, 3.05) is 20.1 Å². The number of hydrogen-bond acceptors (Lipinski definition) is 3. The Bertz CT molecular complexity index is 221. The average Bonchev–Trinajstić information content (AvgIpc) is 2.20. The highest BCUT2D eigenvalue weighted by Gasteiger charge is 2.12. The minimum atomic E-state index is -0.255. The van der Waals surface area contributed by atoms with Crippen LogP contribution in [0.25, 0.3) is 0 Å². The molecule has 4 heteroatoms. The second-order valence-electron chi connectivity index (χ2n) is 5.77. The van der Waals surface area contributed by atoms with Crippen LogP contribution in [0.5, 0.6) is 0 Å². The van der Waals surface area contributed by atoms with Crippen molar-refractivity contribution in [2.24, 2.45) is 5.73 Å². The first-order valence-electron chi connectivity index (χ1n) is 6.48. The molecule has 0 saturated heterocycles. The van der Waals surface area contributed by atoms with E-state index in [9.17, 15) is 4.79 Å². The first kappa shape index (κ1) is 16.4. The average molecular weight is 243 g/mol. The molecule has 0 radical (unpaired) electrons. The maximum atomic E-state index is 11.5. The summed E-state index contributed by atoms with van der Waals surface area (Å²) in [6, 6.07) is 0.559. The molecular formula is C13H29N3O. The molecule has 0 aromatic heterocycles. The van der Waals surface area contributed by atoms with E-state index < -0.39 is 0 Å². The SMILES string of the molecule is CC(C)N(C)CCCNC(=O)CCC(C)(C)N. The Morgan fingerprint density at radius 1 is 1.41 bits per heavy atom. The molecule has 0 unspecified atom stereocenters. The Morgan fingerprint density at radius 3 is 2.47 bits per heavy atom. The maximum absolute atomic E-state index is 11.5. The van der Waals surface area contributed by atoms with Crippen molar-refractivity contribution in [3.05, 3.63) is 0 Å². The van der Waals surface area contributed by atoms with E-state index >= 15 is 0 Å². The van der Waals surface area contributed by atoms with Crippen LogP contribution in [-0.4, -0.2) is 42.5 Å². The monoisotopic (exact) mass is 243 g/mol. The molecule has 102 valence electrons. The van der Waals surface area contributed by atoms with Gasteiger partial charge in [-0.25, -0.2) is 0 Å². The van der Waals surface area contributed by atoms with Gasteiger partial charge in [0.15, 0.2) is 0 Å². The van der Waals surface area contributed by atoms with E-state index in [1.807, 2.05) is 13.8 Å². The molecule has 0 saturated carbocycles. The summed E-state index contributed by atoms with van der Waals surface area (Å²) in [5.41, 5.74) is 5.57. The lowest BCUT2D eigenvalue weighted by Gasteiger charge is -2.21. The fourth-order valence-electron chi connectivity index (χ4n) is 1.34. The van der Waals surface area contributed by atoms with Crippen LogP contribution in [0.4, 0.5) is 0 Å². The number of nitrogens with zero attached hydrogens (tertiary/aromatic N) is 1. The van der Waals surface area contributed by atoms with Gasteiger partial charge in [-0.05, 0) is 54.1 Å². The van der Waals surface area contributed by atoms with Gasteiger partial charge in [0, 0.05) is 24.5 Å². The summed E-state index contributed by atoms with van der Waals surface area (Å²) < 4.78 is 0. The molecule has 0 heterocycles. The van der Waals surface area contributed by atoms with Crippen LogP contribution in [-0.2, 0) is 4.79 Å². The highest BCUT2D eigenvalue weighted by Crippen LogP contribution is 2.06. The molecule has 17 heavy (non-hydrogen) atoms. The Balaban J connectivity index is 3.52. The number of rotatable bonds is 8. The molecule has 0 spiro atoms. The number of nitrogens with two attached hydrogens (primary N) is 1. The Morgan fingerprint density at radius 2 is 2.00 bits per heavy atom. The molecule has 0 rings (SSSR count). The van der Waals surface area contributed by atoms with Crippen molar-refractivity contribution in [2.45, 2.75) is 58.5 Å². The summed E-state index contributed by atoms with van der Waals surface area (Å²) in [6.07, 6.45) is 2.24. The number of amides is 1. The van der Waals surface area contributed by atoms with Crippen molar-refractivity contribution in [1.82, 2.24) is 10.2 Å². The lowest BCUT2D eigenvalue weighted by atomic mass is 10.00. The van der Waals surface area contributed by atoms with Crippen LogP contribution >= 0.6 is 0 Å². The minimum Gasteiger partial charge on any atom is -0.356 e. The third kappa shape index (κ3) is 10.3. The van der Waals surface area contributed by atoms with Crippen molar-refractivity contribution in [1.29, 1.82) is 0 Å². The molecule has 0 aliphatic rings. The van der Waals surface area contributed by atoms with Crippen molar-refractivity contribution >= 4 is 5.91 Å². The smallest absolute Gasteiger partial charge is 0.220 e. The van der Waals surface area contributed by atoms with Gasteiger partial charge < -0.3 is 16.0 Å². The summed E-state index contributed by atoms with van der Waals surface area (Å²) in [5.74, 6) is 0.107. The van der Waals surface area contributed by atoms with Crippen LogP contribution in [0.1, 0.15) is 47.0 Å². The molecule has 0 atom stereocenters. The number of nitrogens with one attached hydrogen (secondary N) is 1. The second-order valence-corrected chi connectivity index (χ2v) is 5.77. The first-order valence-corrected chi connectivity index (χ1v) is 6.48. The van der Waals surface area contributed by atoms with Gasteiger partial charge in [0.25, 0.3) is 0 Å². The van der Waals surface area contributed by atoms with E-state index in [1.54, 1.807) is 0 Å². The van der Waals surface area contributed by atoms with Crippen molar-refractivity contribution < 1.29 is 4.79 Å². The maximum Gasteiger partial charge on any atom is 0.220 e. The van der Waals surface area contributed by atoms with E-state index in [2.05, 4.69) is 31.1 Å². The van der Waals surface area contributed by atoms with Gasteiger partial charge in [0.05, 0.1) is 0 Å². The quantitative estimate of drug-likeness (QED) is 0.633. The first-order chi connectivity index (χ1) is 7.72. The molecule has 0 aliphatic heterocycles. The summed E-state index contributed by atoms with van der Waals surface area (Å²) >= 11 is 0. The van der Waals surface area contributed by atoms with Crippen LogP contribution in [0.3, 0.4) is 0 Å². The lowest BCUT2D eigenvalue weighted by molar-refractivity contribution is -0.121. The van der Waals surface area contributed by atoms with Gasteiger partial charge in [0.1, 0.15) is 0 Å². The zero-order valence-corrected chi connectivity index (χ0v) is 12.0. The molecule has 0 aromatic rings. The standard InChI is InChI=1S/C13H29N3O/c1-11(2)16(5)10-6-9-15-12(17)7-8-13(3,4)14/h11H,6-10,14H2,1-5H3,(H,15,17). The molecule has 1 amide bonds. The summed E-state index contributed by atoms with van der Waals surface area (Å²) in [7, 11) is 2.10. The minimum absolute atomic E-state index is 0.107. The van der Waals surface area contributed by atoms with Crippen molar-refractivity contribution in [3.63, 3.8) is 0 Å². The fourth-order valence-corrected chi connectivity index (χ4v) is 1.34. The van der Waals surface area contributed by atoms with Gasteiger partial charge >= 0.3 is 0 Å². The summed E-state index contributed by atoms with van der Waals surface area (Å²) in [6.45, 7) is 9.99. The number of hydrogen-bond donors (Lipinski definition) is 2. The molecule has 0 fully saturated rings. The predicted molar refractivity (Wildman–Crippen MR) is 72.9 cm³/mol. The van der Waals surface area contributed by atoms with E-state index in [-0.39, 0.29) is 11.4 Å². The van der Waals surface area contributed by atoms with E-state index in [4.69, 9.17) is 5.73 Å². The molecule has 0 bridgehead atoms. The van der Waals surface area contributed by atoms with E-state index in [0.29, 0.717) is 12.5 Å². The Labute approximate surface area is 106 Å². The molecule has 0 aromatic carbocycles. The number of carbonyl (C=O) groups is 1. The topological polar surface area (TPSA) is 58.4 Å². The van der Waals surface area contributed by atoms with Gasteiger partial charge in [0.2, 0.25) is 5.91 Å². The zero-order valence-electron chi connectivity index (χ0n) is 12.0. The van der Waals surface area contributed by atoms with E-state index in [0.717, 1.165) is 25.9 Å². The third-order valence-corrected chi connectivity index (χ3v) is 2.89. The van der Waals surface area contributed by atoms with Gasteiger partial charge in [-0.3, -0.25) is 4.79 Å². The largest absolute Gasteiger partial charge is 0.356 e. The highest BCUT2D eigenvalue weighted by atomic mass is 16.1. The van der Waals surface area contributed by atoms with E-state index in [1.165, 1.54) is 0 Å². The number of carbonyl (C=O) groups excluding carboxylic acids is 1. The van der Waals surface area contributed by atoms with Crippen LogP contribution in [0.2, 0.25) is 0 Å². The zero-order chi connectivity index (χ0) is 13.5. The van der Waals surface area contributed by atoms with Crippen LogP contribution < -0.4 is 11.1 Å². The Kier molecular flexibility index (Phi) is 7.39. The molecule has 0 aliphatic carbocycles. The predicted octanol–water partition coefficient (Wildman–Crippen LogP) is 1.35. The third-order valence-electron chi connectivity index (χ3n) is 2.89. The summed E-state index contributed by atoms with van der Waals surface area (Å²) in [5, 5.41) is 2.93. The highest BCUT2D eigenvalue weighted by molar-refractivity contribution is 5.75. The molecule has 3 N–H and O–H groups in total. The lowest BCUT2D eigenvalue weighted by Crippen LogP contribution is -2.35. The molecule has 4 nitrogen and oxygen atoms in total. The van der Waals surface area contributed by atoms with Crippen LogP contribution in [0.15, 0.2) is 0 Å². The normalized spacial score (nSPS) is 12.2. The van der Waals surface area contributed by atoms with Crippen LogP contribution in [0, 0.1) is 0 Å². The fraction of sp³-hybridized carbons (Fsp3) is 0.923.